The average Bonchev–Trinajstić information content (AvgIpc) is 2.78. The topological polar surface area (TPSA) is 52.1 Å². The maximum atomic E-state index is 6.27. The Kier molecular flexibility index (Phi) is 9.32. The molecule has 0 radical (unpaired) electrons. The van der Waals surface area contributed by atoms with Gasteiger partial charge in [0, 0.05) is 21.2 Å². The second-order valence-corrected chi connectivity index (χ2v) is 8.70. The number of rotatable bonds is 10. The van der Waals surface area contributed by atoms with Crippen LogP contribution in [0.1, 0.15) is 23.6 Å². The largest absolute Gasteiger partial charge is 0.496 e. The van der Waals surface area contributed by atoms with Crippen LogP contribution in [0.15, 0.2) is 59.7 Å². The standard InChI is InChI=1S/C24H23Cl2IN2O3/c1-3-31-23-11-16(13-28-29-14-17-6-4-5-7-22(17)30-2)10-21(27)24(23)32-15-18-8-9-19(25)12-20(18)26/h4-13,29H,3,14-15H2,1-2H3/b28-13-. The molecule has 0 aliphatic heterocycles. The van der Waals surface area contributed by atoms with Crippen LogP contribution in [-0.2, 0) is 13.2 Å². The fourth-order valence-corrected chi connectivity index (χ4v) is 4.20. The van der Waals surface area contributed by atoms with Crippen LogP contribution in [0.2, 0.25) is 10.0 Å². The molecule has 3 aromatic rings. The van der Waals surface area contributed by atoms with Crippen molar-refractivity contribution < 1.29 is 14.2 Å². The molecule has 0 heterocycles. The number of hydrazone groups is 1. The first-order valence-corrected chi connectivity index (χ1v) is 11.8. The number of para-hydroxylation sites is 1. The van der Waals surface area contributed by atoms with Crippen LogP contribution in [0, 0.1) is 3.57 Å². The predicted molar refractivity (Wildman–Crippen MR) is 139 cm³/mol. The molecule has 0 saturated carbocycles. The van der Waals surface area contributed by atoms with E-state index in [1.54, 1.807) is 25.5 Å². The summed E-state index contributed by atoms with van der Waals surface area (Å²) >= 11 is 14.5. The third-order valence-electron chi connectivity index (χ3n) is 4.49. The lowest BCUT2D eigenvalue weighted by Gasteiger charge is -2.15. The van der Waals surface area contributed by atoms with Crippen LogP contribution in [0.4, 0.5) is 0 Å². The Balaban J connectivity index is 1.70. The van der Waals surface area contributed by atoms with Gasteiger partial charge in [-0.1, -0.05) is 47.5 Å². The number of nitrogens with one attached hydrogen (secondary N) is 1. The minimum atomic E-state index is 0.306. The summed E-state index contributed by atoms with van der Waals surface area (Å²) in [5.74, 6) is 2.14. The van der Waals surface area contributed by atoms with Gasteiger partial charge >= 0.3 is 0 Å². The van der Waals surface area contributed by atoms with Gasteiger partial charge in [0.15, 0.2) is 11.5 Å². The zero-order valence-electron chi connectivity index (χ0n) is 17.7. The monoisotopic (exact) mass is 584 g/mol. The molecule has 0 aliphatic carbocycles. The van der Waals surface area contributed by atoms with Gasteiger partial charge in [-0.25, -0.2) is 0 Å². The Morgan fingerprint density at radius 1 is 1.00 bits per heavy atom. The second-order valence-electron chi connectivity index (χ2n) is 6.69. The Labute approximate surface area is 211 Å². The summed E-state index contributed by atoms with van der Waals surface area (Å²) in [5.41, 5.74) is 5.83. The molecule has 0 fully saturated rings. The lowest BCUT2D eigenvalue weighted by molar-refractivity contribution is 0.267. The molecular formula is C24H23Cl2IN2O3. The van der Waals surface area contributed by atoms with Gasteiger partial charge in [0.2, 0.25) is 0 Å². The van der Waals surface area contributed by atoms with Crippen LogP contribution in [-0.4, -0.2) is 19.9 Å². The number of ether oxygens (including phenoxy) is 3. The molecule has 3 aromatic carbocycles. The summed E-state index contributed by atoms with van der Waals surface area (Å²) in [6, 6.07) is 17.1. The Bertz CT molecular complexity index is 1090. The van der Waals surface area contributed by atoms with Crippen LogP contribution >= 0.6 is 45.8 Å². The zero-order valence-corrected chi connectivity index (χ0v) is 21.4. The SMILES string of the molecule is CCOc1cc(/C=N\NCc2ccccc2OC)cc(I)c1OCc1ccc(Cl)cc1Cl. The van der Waals surface area contributed by atoms with E-state index in [1.807, 2.05) is 49.4 Å². The lowest BCUT2D eigenvalue weighted by Crippen LogP contribution is -2.07. The number of nitrogens with zero attached hydrogens (tertiary/aromatic N) is 1. The van der Waals surface area contributed by atoms with Crippen molar-refractivity contribution in [3.8, 4) is 17.2 Å². The number of methoxy groups -OCH3 is 1. The average molecular weight is 585 g/mol. The van der Waals surface area contributed by atoms with E-state index >= 15 is 0 Å². The van der Waals surface area contributed by atoms with Crippen molar-refractivity contribution in [3.05, 3.63) is 84.9 Å². The van der Waals surface area contributed by atoms with Gasteiger partial charge in [0.1, 0.15) is 12.4 Å². The van der Waals surface area contributed by atoms with E-state index in [-0.39, 0.29) is 0 Å². The molecule has 0 amide bonds. The lowest BCUT2D eigenvalue weighted by atomic mass is 10.2. The van der Waals surface area contributed by atoms with Crippen molar-refractivity contribution in [2.45, 2.75) is 20.1 Å². The first-order chi connectivity index (χ1) is 15.5. The molecule has 3 rings (SSSR count). The number of halogens is 3. The molecule has 0 saturated heterocycles. The molecule has 1 N–H and O–H groups in total. The maximum absolute atomic E-state index is 6.27. The summed E-state index contributed by atoms with van der Waals surface area (Å²) in [6.07, 6.45) is 1.75. The highest BCUT2D eigenvalue weighted by molar-refractivity contribution is 14.1. The third kappa shape index (κ3) is 6.67. The van der Waals surface area contributed by atoms with Gasteiger partial charge < -0.3 is 19.6 Å². The minimum absolute atomic E-state index is 0.306. The van der Waals surface area contributed by atoms with Gasteiger partial charge in [-0.3, -0.25) is 0 Å². The van der Waals surface area contributed by atoms with Gasteiger partial charge in [0.25, 0.3) is 0 Å². The zero-order chi connectivity index (χ0) is 22.9. The Morgan fingerprint density at radius 3 is 2.56 bits per heavy atom. The Morgan fingerprint density at radius 2 is 1.81 bits per heavy atom. The first-order valence-electron chi connectivity index (χ1n) is 9.92. The predicted octanol–water partition coefficient (Wildman–Crippen LogP) is 6.71. The minimum Gasteiger partial charge on any atom is -0.496 e. The normalized spacial score (nSPS) is 10.9. The highest BCUT2D eigenvalue weighted by Crippen LogP contribution is 2.35. The van der Waals surface area contributed by atoms with E-state index in [9.17, 15) is 0 Å². The van der Waals surface area contributed by atoms with Gasteiger partial charge in [0.05, 0.1) is 30.0 Å². The first kappa shape index (κ1) is 24.5. The molecule has 32 heavy (non-hydrogen) atoms. The van der Waals surface area contributed by atoms with Crippen molar-refractivity contribution in [3.63, 3.8) is 0 Å². The van der Waals surface area contributed by atoms with Gasteiger partial charge in [-0.2, -0.15) is 5.10 Å². The Hall–Kier alpha value is -2.16. The molecule has 0 unspecified atom stereocenters. The molecule has 0 aliphatic rings. The number of hydrogen-bond acceptors (Lipinski definition) is 5. The van der Waals surface area contributed by atoms with Crippen molar-refractivity contribution in [2.24, 2.45) is 5.10 Å². The molecule has 0 bridgehead atoms. The fourth-order valence-electron chi connectivity index (χ4n) is 2.95. The van der Waals surface area contributed by atoms with Crippen molar-refractivity contribution in [2.75, 3.05) is 13.7 Å². The van der Waals surface area contributed by atoms with Crippen LogP contribution in [0.25, 0.3) is 0 Å². The molecule has 5 nitrogen and oxygen atoms in total. The second kappa shape index (κ2) is 12.2. The maximum Gasteiger partial charge on any atom is 0.175 e. The van der Waals surface area contributed by atoms with Gasteiger partial charge in [-0.15, -0.1) is 0 Å². The van der Waals surface area contributed by atoms with E-state index in [2.05, 4.69) is 33.1 Å². The van der Waals surface area contributed by atoms with E-state index in [0.717, 1.165) is 26.0 Å². The van der Waals surface area contributed by atoms with E-state index in [0.29, 0.717) is 41.3 Å². The molecule has 0 atom stereocenters. The summed E-state index contributed by atoms with van der Waals surface area (Å²) in [7, 11) is 1.66. The van der Waals surface area contributed by atoms with Crippen LogP contribution < -0.4 is 19.6 Å². The molecule has 0 spiro atoms. The van der Waals surface area contributed by atoms with E-state index in [4.69, 9.17) is 37.4 Å². The molecule has 8 heteroatoms. The smallest absolute Gasteiger partial charge is 0.175 e. The summed E-state index contributed by atoms with van der Waals surface area (Å²) in [6.45, 7) is 3.31. The van der Waals surface area contributed by atoms with Crippen LogP contribution in [0.3, 0.4) is 0 Å². The van der Waals surface area contributed by atoms with Gasteiger partial charge in [-0.05, 0) is 65.4 Å². The number of benzene rings is 3. The van der Waals surface area contributed by atoms with Crippen molar-refractivity contribution in [1.82, 2.24) is 5.43 Å². The fraction of sp³-hybridized carbons (Fsp3) is 0.208. The van der Waals surface area contributed by atoms with Crippen molar-refractivity contribution >= 4 is 52.0 Å². The highest BCUT2D eigenvalue weighted by atomic mass is 127. The summed E-state index contributed by atoms with van der Waals surface area (Å²) < 4.78 is 18.1. The summed E-state index contributed by atoms with van der Waals surface area (Å²) in [4.78, 5) is 0. The molecule has 168 valence electrons. The highest BCUT2D eigenvalue weighted by Gasteiger charge is 2.13. The summed E-state index contributed by atoms with van der Waals surface area (Å²) in [5, 5.41) is 5.49. The molecular weight excluding hydrogens is 562 g/mol. The molecule has 0 aromatic heterocycles. The van der Waals surface area contributed by atoms with E-state index in [1.165, 1.54) is 0 Å². The third-order valence-corrected chi connectivity index (χ3v) is 5.87. The number of hydrogen-bond donors (Lipinski definition) is 1. The van der Waals surface area contributed by atoms with E-state index < -0.39 is 0 Å². The van der Waals surface area contributed by atoms with Crippen LogP contribution in [0.5, 0.6) is 17.2 Å². The quantitative estimate of drug-likeness (QED) is 0.163. The van der Waals surface area contributed by atoms with Crippen molar-refractivity contribution in [1.29, 1.82) is 0 Å².